The maximum Gasteiger partial charge on any atom is 0.228 e. The number of para-hydroxylation sites is 2. The van der Waals surface area contributed by atoms with Gasteiger partial charge in [0.25, 0.3) is 0 Å². The first-order valence-electron chi connectivity index (χ1n) is 18.8. The van der Waals surface area contributed by atoms with Gasteiger partial charge < -0.3 is 13.7 Å². The first-order chi connectivity index (χ1) is 26.9. The van der Waals surface area contributed by atoms with Crippen molar-refractivity contribution >= 4 is 60.9 Å². The molecule has 4 nitrogen and oxygen atoms in total. The Kier molecular flexibility index (Phi) is 5.86. The van der Waals surface area contributed by atoms with E-state index in [1.165, 1.54) is 0 Å². The molecule has 0 atom stereocenters. The zero-order valence-electron chi connectivity index (χ0n) is 31.2. The lowest BCUT2D eigenvalue weighted by atomic mass is 10.00. The van der Waals surface area contributed by atoms with Crippen LogP contribution in [0.1, 0.15) is 5.48 Å². The van der Waals surface area contributed by atoms with Crippen LogP contribution in [0.25, 0.3) is 77.5 Å². The number of fused-ring (bicyclic) bond motifs is 5. The number of aromatic nitrogens is 1. The standard InChI is InChI=1S/C47H30N2O2/c1-2-11-31(12-3-1)34-15-8-17-37(28-34)49(38-18-9-16-35(29-38)36-24-23-32-13-4-5-14-33(32)27-36)39-25-26-40-45(30-39)50-44-22-10-19-41(46(40)44)47-48-42-20-6-7-21-43(42)51-47/h1-30H/i9D,16D,18D,29D. The van der Waals surface area contributed by atoms with Gasteiger partial charge in [-0.05, 0) is 99.7 Å². The number of hydrogen-bond acceptors (Lipinski definition) is 4. The van der Waals surface area contributed by atoms with Crippen molar-refractivity contribution < 1.29 is 14.3 Å². The molecule has 240 valence electrons. The van der Waals surface area contributed by atoms with E-state index in [-0.39, 0.29) is 29.9 Å². The summed E-state index contributed by atoms with van der Waals surface area (Å²) < 4.78 is 49.9. The van der Waals surface area contributed by atoms with Crippen LogP contribution in [-0.4, -0.2) is 4.98 Å². The van der Waals surface area contributed by atoms with Crippen LogP contribution in [0.3, 0.4) is 0 Å². The molecule has 0 aliphatic heterocycles. The van der Waals surface area contributed by atoms with Gasteiger partial charge in [-0.15, -0.1) is 0 Å². The van der Waals surface area contributed by atoms with Gasteiger partial charge >= 0.3 is 0 Å². The topological polar surface area (TPSA) is 42.4 Å². The molecule has 4 heteroatoms. The minimum Gasteiger partial charge on any atom is -0.456 e. The third-order valence-electron chi connectivity index (χ3n) is 9.35. The van der Waals surface area contributed by atoms with Crippen LogP contribution >= 0.6 is 0 Å². The molecule has 0 aliphatic carbocycles. The Bertz CT molecular complexity index is 3080. The molecule has 2 aromatic heterocycles. The van der Waals surface area contributed by atoms with E-state index >= 15 is 0 Å². The van der Waals surface area contributed by atoms with Crippen LogP contribution in [0.2, 0.25) is 0 Å². The lowest BCUT2D eigenvalue weighted by Gasteiger charge is -2.26. The Balaban J connectivity index is 1.20. The van der Waals surface area contributed by atoms with Crippen molar-refractivity contribution in [2.24, 2.45) is 0 Å². The van der Waals surface area contributed by atoms with Crippen LogP contribution in [0.15, 0.2) is 191 Å². The largest absolute Gasteiger partial charge is 0.456 e. The van der Waals surface area contributed by atoms with Gasteiger partial charge in [0.1, 0.15) is 16.7 Å². The van der Waals surface area contributed by atoms with Crippen molar-refractivity contribution in [3.63, 3.8) is 0 Å². The van der Waals surface area contributed by atoms with E-state index in [1.54, 1.807) is 0 Å². The van der Waals surface area contributed by atoms with E-state index in [0.29, 0.717) is 45.1 Å². The number of furan rings is 1. The molecular weight excluding hydrogens is 625 g/mol. The molecule has 0 amide bonds. The summed E-state index contributed by atoms with van der Waals surface area (Å²) in [6, 6.07) is 50.4. The Morgan fingerprint density at radius 3 is 2.18 bits per heavy atom. The smallest absolute Gasteiger partial charge is 0.228 e. The molecule has 0 saturated heterocycles. The van der Waals surface area contributed by atoms with Crippen molar-refractivity contribution in [3.05, 3.63) is 182 Å². The van der Waals surface area contributed by atoms with Crippen LogP contribution in [-0.2, 0) is 0 Å². The van der Waals surface area contributed by atoms with E-state index in [1.807, 2.05) is 163 Å². The van der Waals surface area contributed by atoms with Gasteiger partial charge in [0, 0.05) is 39.5 Å². The first kappa shape index (κ1) is 25.1. The number of oxazole rings is 1. The highest BCUT2D eigenvalue weighted by molar-refractivity contribution is 6.12. The van der Waals surface area contributed by atoms with E-state index < -0.39 is 0 Å². The molecule has 0 bridgehead atoms. The second-order valence-electron chi connectivity index (χ2n) is 12.5. The quantitative estimate of drug-likeness (QED) is 0.178. The molecule has 0 radical (unpaired) electrons. The first-order valence-corrected chi connectivity index (χ1v) is 16.8. The lowest BCUT2D eigenvalue weighted by molar-refractivity contribution is 0.620. The normalized spacial score (nSPS) is 12.6. The van der Waals surface area contributed by atoms with Gasteiger partial charge in [-0.2, -0.15) is 0 Å². The molecule has 0 unspecified atom stereocenters. The van der Waals surface area contributed by atoms with Crippen molar-refractivity contribution in [2.75, 3.05) is 4.90 Å². The number of rotatable bonds is 6. The molecule has 0 N–H and O–H groups in total. The fourth-order valence-corrected chi connectivity index (χ4v) is 6.92. The Labute approximate surface area is 300 Å². The fraction of sp³-hybridized carbons (Fsp3) is 0. The summed E-state index contributed by atoms with van der Waals surface area (Å²) in [6.45, 7) is 0. The average Bonchev–Trinajstić information content (AvgIpc) is 3.84. The number of hydrogen-bond donors (Lipinski definition) is 0. The van der Waals surface area contributed by atoms with Crippen molar-refractivity contribution in [1.82, 2.24) is 4.98 Å². The van der Waals surface area contributed by atoms with Gasteiger partial charge in [-0.25, -0.2) is 4.98 Å². The SMILES string of the molecule is [2H]c1c([2H])c(-c2ccc3ccccc3c2)c([2H])c(N(c2cccc(-c3ccccc3)c2)c2ccc3c(c2)oc2cccc(-c4nc5ccccc5o4)c23)c1[2H]. The molecule has 0 fully saturated rings. The summed E-state index contributed by atoms with van der Waals surface area (Å²) in [5.41, 5.74) is 7.94. The summed E-state index contributed by atoms with van der Waals surface area (Å²) in [5, 5.41) is 3.71. The number of benzene rings is 8. The Morgan fingerprint density at radius 2 is 1.25 bits per heavy atom. The highest BCUT2D eigenvalue weighted by atomic mass is 16.3. The molecule has 0 aliphatic rings. The second kappa shape index (κ2) is 11.9. The van der Waals surface area contributed by atoms with Crippen LogP contribution in [0, 0.1) is 0 Å². The monoisotopic (exact) mass is 658 g/mol. The molecule has 2 heterocycles. The van der Waals surface area contributed by atoms with Gasteiger partial charge in [0.15, 0.2) is 5.58 Å². The van der Waals surface area contributed by atoms with Gasteiger partial charge in [0.05, 0.1) is 5.48 Å². The van der Waals surface area contributed by atoms with Crippen molar-refractivity contribution in [2.45, 2.75) is 0 Å². The lowest BCUT2D eigenvalue weighted by Crippen LogP contribution is -2.10. The zero-order chi connectivity index (χ0) is 37.2. The molecule has 51 heavy (non-hydrogen) atoms. The van der Waals surface area contributed by atoms with Crippen LogP contribution in [0.5, 0.6) is 0 Å². The second-order valence-corrected chi connectivity index (χ2v) is 12.5. The van der Waals surface area contributed by atoms with Gasteiger partial charge in [-0.3, -0.25) is 0 Å². The highest BCUT2D eigenvalue weighted by Gasteiger charge is 2.20. The zero-order valence-corrected chi connectivity index (χ0v) is 27.2. The van der Waals surface area contributed by atoms with Crippen molar-refractivity contribution in [1.29, 1.82) is 0 Å². The molecule has 0 spiro atoms. The van der Waals surface area contributed by atoms with Gasteiger partial charge in [-0.1, -0.05) is 109 Å². The molecular formula is C47H30N2O2. The van der Waals surface area contributed by atoms with E-state index in [9.17, 15) is 2.74 Å². The number of anilines is 3. The Hall–Kier alpha value is -6.91. The van der Waals surface area contributed by atoms with Crippen LogP contribution < -0.4 is 4.90 Å². The number of nitrogens with zero attached hydrogens (tertiary/aromatic N) is 2. The summed E-state index contributed by atoms with van der Waals surface area (Å²) in [6.07, 6.45) is 0. The van der Waals surface area contributed by atoms with Gasteiger partial charge in [0.2, 0.25) is 5.89 Å². The molecule has 10 aromatic rings. The van der Waals surface area contributed by atoms with E-state index in [2.05, 4.69) is 0 Å². The maximum atomic E-state index is 9.73. The fourth-order valence-electron chi connectivity index (χ4n) is 6.92. The highest BCUT2D eigenvalue weighted by Crippen LogP contribution is 2.43. The van der Waals surface area contributed by atoms with Crippen molar-refractivity contribution in [3.8, 4) is 33.7 Å². The molecule has 0 saturated carbocycles. The third kappa shape index (κ3) is 5.13. The minimum absolute atomic E-state index is 0.0191. The minimum atomic E-state index is -0.258. The summed E-state index contributed by atoms with van der Waals surface area (Å²) in [4.78, 5) is 6.61. The molecule has 8 aromatic carbocycles. The average molecular weight is 659 g/mol. The maximum absolute atomic E-state index is 9.73. The van der Waals surface area contributed by atoms with E-state index in [0.717, 1.165) is 43.8 Å². The summed E-state index contributed by atoms with van der Waals surface area (Å²) in [5.74, 6) is 0.496. The third-order valence-corrected chi connectivity index (χ3v) is 9.35. The summed E-state index contributed by atoms with van der Waals surface area (Å²) in [7, 11) is 0. The Morgan fingerprint density at radius 1 is 0.490 bits per heavy atom. The summed E-state index contributed by atoms with van der Waals surface area (Å²) >= 11 is 0. The van der Waals surface area contributed by atoms with E-state index in [4.69, 9.17) is 16.6 Å². The predicted molar refractivity (Wildman–Crippen MR) is 210 cm³/mol. The predicted octanol–water partition coefficient (Wildman–Crippen LogP) is 13.4. The van der Waals surface area contributed by atoms with Crippen LogP contribution in [0.4, 0.5) is 17.1 Å². The molecule has 10 rings (SSSR count).